The van der Waals surface area contributed by atoms with Gasteiger partial charge >= 0.3 is 0 Å². The summed E-state index contributed by atoms with van der Waals surface area (Å²) in [5.41, 5.74) is 0. The highest BCUT2D eigenvalue weighted by molar-refractivity contribution is 7.86. The molecule has 0 bridgehead atoms. The first kappa shape index (κ1) is 16.2. The van der Waals surface area contributed by atoms with Crippen molar-refractivity contribution in [3.63, 3.8) is 0 Å². The SMILES string of the molecule is CC1CN(S(=O)(=O)N(C)CCCNC2CC2)CCN1C. The van der Waals surface area contributed by atoms with E-state index in [4.69, 9.17) is 0 Å². The van der Waals surface area contributed by atoms with Crippen LogP contribution in [0.15, 0.2) is 0 Å². The molecule has 2 rings (SSSR count). The van der Waals surface area contributed by atoms with Crippen molar-refractivity contribution in [1.82, 2.24) is 18.8 Å². The lowest BCUT2D eigenvalue weighted by molar-refractivity contribution is 0.154. The summed E-state index contributed by atoms with van der Waals surface area (Å²) in [7, 11) is 0.442. The molecule has 1 atom stereocenters. The fraction of sp³-hybridized carbons (Fsp3) is 1.00. The van der Waals surface area contributed by atoms with Gasteiger partial charge in [0.05, 0.1) is 0 Å². The molecule has 2 aliphatic rings. The third-order valence-corrected chi connectivity index (χ3v) is 6.26. The fourth-order valence-corrected chi connectivity index (χ4v) is 3.90. The van der Waals surface area contributed by atoms with Crippen LogP contribution in [-0.2, 0) is 10.2 Å². The first-order chi connectivity index (χ1) is 9.41. The average Bonchev–Trinajstić information content (AvgIpc) is 3.21. The van der Waals surface area contributed by atoms with Gasteiger partial charge in [0.2, 0.25) is 0 Å². The van der Waals surface area contributed by atoms with Crippen LogP contribution in [0.4, 0.5) is 0 Å². The van der Waals surface area contributed by atoms with E-state index in [0.717, 1.165) is 19.5 Å². The standard InChI is InChI=1S/C13H28N4O2S/c1-12-11-17(10-9-15(12)2)20(18,19)16(3)8-4-7-14-13-5-6-13/h12-14H,4-11H2,1-3H3. The van der Waals surface area contributed by atoms with Gasteiger partial charge in [-0.25, -0.2) is 0 Å². The van der Waals surface area contributed by atoms with Crippen LogP contribution in [0.5, 0.6) is 0 Å². The van der Waals surface area contributed by atoms with Crippen LogP contribution >= 0.6 is 0 Å². The minimum Gasteiger partial charge on any atom is -0.314 e. The van der Waals surface area contributed by atoms with Crippen molar-refractivity contribution in [1.29, 1.82) is 0 Å². The van der Waals surface area contributed by atoms with Crippen LogP contribution in [0.3, 0.4) is 0 Å². The molecular weight excluding hydrogens is 276 g/mol. The molecular formula is C13H28N4O2S. The quantitative estimate of drug-likeness (QED) is 0.670. The van der Waals surface area contributed by atoms with E-state index in [-0.39, 0.29) is 6.04 Å². The summed E-state index contributed by atoms with van der Waals surface area (Å²) in [5, 5.41) is 3.41. The first-order valence-corrected chi connectivity index (χ1v) is 8.96. The largest absolute Gasteiger partial charge is 0.314 e. The second-order valence-corrected chi connectivity index (χ2v) is 8.13. The van der Waals surface area contributed by atoms with E-state index < -0.39 is 10.2 Å². The number of hydrogen-bond acceptors (Lipinski definition) is 4. The van der Waals surface area contributed by atoms with Crippen molar-refractivity contribution in [2.75, 3.05) is 46.8 Å². The Morgan fingerprint density at radius 2 is 2.00 bits per heavy atom. The molecule has 2 fully saturated rings. The third kappa shape index (κ3) is 4.14. The predicted octanol–water partition coefficient (Wildman–Crippen LogP) is -0.0590. The van der Waals surface area contributed by atoms with Gasteiger partial charge in [-0.3, -0.25) is 0 Å². The summed E-state index contributed by atoms with van der Waals surface area (Å²) in [4.78, 5) is 2.20. The number of nitrogens with one attached hydrogen (secondary N) is 1. The molecule has 0 radical (unpaired) electrons. The maximum absolute atomic E-state index is 12.5. The van der Waals surface area contributed by atoms with E-state index in [1.807, 2.05) is 7.05 Å². The molecule has 1 heterocycles. The van der Waals surface area contributed by atoms with Gasteiger partial charge in [-0.1, -0.05) is 0 Å². The zero-order valence-corrected chi connectivity index (χ0v) is 13.7. The van der Waals surface area contributed by atoms with Gasteiger partial charge in [-0.15, -0.1) is 0 Å². The second-order valence-electron chi connectivity index (χ2n) is 6.10. The Kier molecular flexibility index (Phi) is 5.42. The lowest BCUT2D eigenvalue weighted by Crippen LogP contribution is -2.55. The van der Waals surface area contributed by atoms with Crippen molar-refractivity contribution in [3.8, 4) is 0 Å². The Balaban J connectivity index is 1.78. The Labute approximate surface area is 123 Å². The fourth-order valence-electron chi connectivity index (χ4n) is 2.43. The minimum absolute atomic E-state index is 0.281. The highest BCUT2D eigenvalue weighted by atomic mass is 32.2. The molecule has 0 amide bonds. The molecule has 0 aromatic rings. The molecule has 1 saturated heterocycles. The number of hydrogen-bond donors (Lipinski definition) is 1. The number of piperazine rings is 1. The summed E-state index contributed by atoms with van der Waals surface area (Å²) in [6.07, 6.45) is 3.41. The summed E-state index contributed by atoms with van der Waals surface area (Å²) < 4.78 is 28.1. The van der Waals surface area contributed by atoms with Gasteiger partial charge < -0.3 is 10.2 Å². The van der Waals surface area contributed by atoms with E-state index in [2.05, 4.69) is 17.1 Å². The molecule has 1 aliphatic carbocycles. The van der Waals surface area contributed by atoms with Crippen molar-refractivity contribution >= 4 is 10.2 Å². The Morgan fingerprint density at radius 3 is 2.60 bits per heavy atom. The summed E-state index contributed by atoms with van der Waals surface area (Å²) in [6.45, 7) is 5.54. The Hall–Kier alpha value is -0.210. The van der Waals surface area contributed by atoms with Gasteiger partial charge in [-0.05, 0) is 39.8 Å². The van der Waals surface area contributed by atoms with Gasteiger partial charge in [0.25, 0.3) is 10.2 Å². The highest BCUT2D eigenvalue weighted by Gasteiger charge is 2.32. The summed E-state index contributed by atoms with van der Waals surface area (Å²) in [5.74, 6) is 0. The first-order valence-electron chi connectivity index (χ1n) is 7.56. The van der Waals surface area contributed by atoms with Gasteiger partial charge in [0, 0.05) is 45.3 Å². The van der Waals surface area contributed by atoms with E-state index in [0.29, 0.717) is 25.7 Å². The lowest BCUT2D eigenvalue weighted by atomic mass is 10.2. The van der Waals surface area contributed by atoms with Crippen LogP contribution in [0, 0.1) is 0 Å². The molecule has 20 heavy (non-hydrogen) atoms. The molecule has 0 aromatic carbocycles. The normalized spacial score (nSPS) is 26.3. The highest BCUT2D eigenvalue weighted by Crippen LogP contribution is 2.18. The zero-order valence-electron chi connectivity index (χ0n) is 12.9. The maximum Gasteiger partial charge on any atom is 0.281 e. The van der Waals surface area contributed by atoms with E-state index in [9.17, 15) is 8.42 Å². The smallest absolute Gasteiger partial charge is 0.281 e. The van der Waals surface area contributed by atoms with Crippen LogP contribution < -0.4 is 5.32 Å². The van der Waals surface area contributed by atoms with Crippen molar-refractivity contribution in [3.05, 3.63) is 0 Å². The molecule has 1 unspecified atom stereocenters. The molecule has 0 spiro atoms. The number of rotatable bonds is 7. The molecule has 118 valence electrons. The molecule has 1 N–H and O–H groups in total. The van der Waals surface area contributed by atoms with E-state index in [1.54, 1.807) is 11.4 Å². The van der Waals surface area contributed by atoms with Crippen molar-refractivity contribution in [2.45, 2.75) is 38.3 Å². The third-order valence-electron chi connectivity index (χ3n) is 4.30. The zero-order chi connectivity index (χ0) is 14.8. The number of nitrogens with zero attached hydrogens (tertiary/aromatic N) is 3. The van der Waals surface area contributed by atoms with Crippen LogP contribution in [0.1, 0.15) is 26.2 Å². The molecule has 6 nitrogen and oxygen atoms in total. The second kappa shape index (κ2) is 6.70. The van der Waals surface area contributed by atoms with Gasteiger partial charge in [0.1, 0.15) is 0 Å². The Morgan fingerprint density at radius 1 is 1.30 bits per heavy atom. The van der Waals surface area contributed by atoms with E-state index >= 15 is 0 Å². The van der Waals surface area contributed by atoms with Gasteiger partial charge in [0.15, 0.2) is 0 Å². The van der Waals surface area contributed by atoms with Crippen molar-refractivity contribution in [2.24, 2.45) is 0 Å². The Bertz CT molecular complexity index is 411. The molecule has 0 aromatic heterocycles. The maximum atomic E-state index is 12.5. The predicted molar refractivity (Wildman–Crippen MR) is 80.9 cm³/mol. The number of likely N-dealkylation sites (N-methyl/N-ethyl adjacent to an activating group) is 1. The van der Waals surface area contributed by atoms with Crippen LogP contribution in [0.2, 0.25) is 0 Å². The van der Waals surface area contributed by atoms with Crippen LogP contribution in [-0.4, -0.2) is 80.8 Å². The minimum atomic E-state index is -3.29. The van der Waals surface area contributed by atoms with Crippen molar-refractivity contribution < 1.29 is 8.42 Å². The summed E-state index contributed by atoms with van der Waals surface area (Å²) in [6, 6.07) is 0.971. The monoisotopic (exact) mass is 304 g/mol. The molecule has 1 saturated carbocycles. The van der Waals surface area contributed by atoms with Crippen LogP contribution in [0.25, 0.3) is 0 Å². The van der Waals surface area contributed by atoms with E-state index in [1.165, 1.54) is 17.1 Å². The molecule has 1 aliphatic heterocycles. The van der Waals surface area contributed by atoms with Gasteiger partial charge in [-0.2, -0.15) is 17.0 Å². The molecule has 7 heteroatoms. The summed E-state index contributed by atoms with van der Waals surface area (Å²) >= 11 is 0. The lowest BCUT2D eigenvalue weighted by Gasteiger charge is -2.38. The average molecular weight is 304 g/mol. The topological polar surface area (TPSA) is 55.9 Å².